The van der Waals surface area contributed by atoms with Crippen molar-refractivity contribution in [3.63, 3.8) is 0 Å². The smallest absolute Gasteiger partial charge is 0.139 e. The molecule has 0 aliphatic carbocycles. The zero-order chi connectivity index (χ0) is 17.3. The number of pyridine rings is 2. The van der Waals surface area contributed by atoms with E-state index in [0.29, 0.717) is 11.4 Å². The Labute approximate surface area is 140 Å². The minimum Gasteiger partial charge on any atom is -0.256 e. The summed E-state index contributed by atoms with van der Waals surface area (Å²) in [5.74, 6) is -1.14. The molecule has 2 aromatic heterocycles. The van der Waals surface area contributed by atoms with Crippen molar-refractivity contribution in [3.05, 3.63) is 72.1 Å². The van der Waals surface area contributed by atoms with Crippen LogP contribution in [0.5, 0.6) is 0 Å². The number of benzene rings is 1. The molecule has 2 nitrogen and oxygen atoms in total. The first-order chi connectivity index (χ1) is 11.4. The first kappa shape index (κ1) is 16.2. The lowest BCUT2D eigenvalue weighted by Gasteiger charge is -2.23. The monoisotopic (exact) mass is 324 g/mol. The van der Waals surface area contributed by atoms with Gasteiger partial charge < -0.3 is 0 Å². The predicted octanol–water partition coefficient (Wildman–Crippen LogP) is 5.39. The lowest BCUT2D eigenvalue weighted by atomic mass is 9.83. The Bertz CT molecular complexity index is 791. The molecule has 0 aliphatic heterocycles. The summed E-state index contributed by atoms with van der Waals surface area (Å²) in [5, 5.41) is 0. The molecule has 3 rings (SSSR count). The van der Waals surface area contributed by atoms with E-state index in [4.69, 9.17) is 0 Å². The van der Waals surface area contributed by atoms with Crippen LogP contribution >= 0.6 is 0 Å². The van der Waals surface area contributed by atoms with Crippen LogP contribution in [0.2, 0.25) is 0 Å². The maximum atomic E-state index is 15.1. The quantitative estimate of drug-likeness (QED) is 0.632. The van der Waals surface area contributed by atoms with Crippen LogP contribution in [0.3, 0.4) is 0 Å². The number of hydrogen-bond acceptors (Lipinski definition) is 2. The van der Waals surface area contributed by atoms with Gasteiger partial charge in [-0.3, -0.25) is 9.97 Å². The van der Waals surface area contributed by atoms with Crippen LogP contribution in [0.15, 0.2) is 54.9 Å². The molecule has 0 fully saturated rings. The molecule has 2 heterocycles. The lowest BCUT2D eigenvalue weighted by Crippen LogP contribution is -2.18. The second-order valence-electron chi connectivity index (χ2n) is 6.65. The molecule has 0 bridgehead atoms. The van der Waals surface area contributed by atoms with Gasteiger partial charge in [0.05, 0.1) is 11.4 Å². The molecule has 1 aromatic carbocycles. The Hall–Kier alpha value is -2.62. The lowest BCUT2D eigenvalue weighted by molar-refractivity contribution is 0.478. The van der Waals surface area contributed by atoms with Crippen LogP contribution in [0.25, 0.3) is 22.5 Å². The highest BCUT2D eigenvalue weighted by molar-refractivity contribution is 5.72. The molecule has 0 amide bonds. The van der Waals surface area contributed by atoms with Crippen molar-refractivity contribution in [2.45, 2.75) is 26.2 Å². The van der Waals surface area contributed by atoms with Gasteiger partial charge >= 0.3 is 0 Å². The standard InChI is InChI=1S/C20H18F2N2/c1-20(2,3)17-18(21)13(15-8-4-6-10-23-15)12-14(19(17)22)16-9-5-7-11-24-16/h4-12H,1-3H3. The van der Waals surface area contributed by atoms with Crippen molar-refractivity contribution in [2.24, 2.45) is 0 Å². The summed E-state index contributed by atoms with van der Waals surface area (Å²) in [7, 11) is 0. The molecule has 0 radical (unpaired) electrons. The largest absolute Gasteiger partial charge is 0.256 e. The van der Waals surface area contributed by atoms with Crippen LogP contribution in [-0.4, -0.2) is 9.97 Å². The highest BCUT2D eigenvalue weighted by Crippen LogP contribution is 2.38. The van der Waals surface area contributed by atoms with Crippen molar-refractivity contribution in [3.8, 4) is 22.5 Å². The van der Waals surface area contributed by atoms with Gasteiger partial charge in [-0.05, 0) is 35.7 Å². The summed E-state index contributed by atoms with van der Waals surface area (Å²) >= 11 is 0. The molecule has 24 heavy (non-hydrogen) atoms. The van der Waals surface area contributed by atoms with Gasteiger partial charge in [-0.25, -0.2) is 8.78 Å². The Morgan fingerprint density at radius 1 is 0.750 bits per heavy atom. The van der Waals surface area contributed by atoms with Crippen molar-refractivity contribution >= 4 is 0 Å². The van der Waals surface area contributed by atoms with Crippen LogP contribution in [0, 0.1) is 11.6 Å². The molecular weight excluding hydrogens is 306 g/mol. The average molecular weight is 324 g/mol. The third kappa shape index (κ3) is 2.92. The third-order valence-corrected chi connectivity index (χ3v) is 3.83. The second kappa shape index (κ2) is 6.11. The van der Waals surface area contributed by atoms with Crippen molar-refractivity contribution < 1.29 is 8.78 Å². The van der Waals surface area contributed by atoms with Gasteiger partial charge in [0, 0.05) is 29.1 Å². The highest BCUT2D eigenvalue weighted by atomic mass is 19.1. The maximum Gasteiger partial charge on any atom is 0.139 e. The minimum absolute atomic E-state index is 0.0475. The zero-order valence-corrected chi connectivity index (χ0v) is 13.8. The number of hydrogen-bond donors (Lipinski definition) is 0. The summed E-state index contributed by atoms with van der Waals surface area (Å²) < 4.78 is 30.2. The van der Waals surface area contributed by atoms with E-state index in [9.17, 15) is 0 Å². The fraction of sp³-hybridized carbons (Fsp3) is 0.200. The Balaban J connectivity index is 2.36. The normalized spacial score (nSPS) is 11.5. The van der Waals surface area contributed by atoms with Gasteiger partial charge in [0.25, 0.3) is 0 Å². The fourth-order valence-corrected chi connectivity index (χ4v) is 2.71. The first-order valence-corrected chi connectivity index (χ1v) is 7.75. The van der Waals surface area contributed by atoms with Crippen LogP contribution in [0.4, 0.5) is 8.78 Å². The van der Waals surface area contributed by atoms with Crippen molar-refractivity contribution in [1.29, 1.82) is 0 Å². The molecule has 0 N–H and O–H groups in total. The first-order valence-electron chi connectivity index (χ1n) is 7.75. The van der Waals surface area contributed by atoms with E-state index in [0.717, 1.165) is 0 Å². The minimum atomic E-state index is -0.692. The molecule has 0 saturated heterocycles. The fourth-order valence-electron chi connectivity index (χ4n) is 2.71. The molecule has 0 unspecified atom stereocenters. The SMILES string of the molecule is CC(C)(C)c1c(F)c(-c2ccccn2)cc(-c2ccccn2)c1F. The number of halogens is 2. The van der Waals surface area contributed by atoms with E-state index in [-0.39, 0.29) is 16.7 Å². The summed E-state index contributed by atoms with van der Waals surface area (Å²) in [5.41, 5.74) is 0.856. The van der Waals surface area contributed by atoms with Gasteiger partial charge in [0.2, 0.25) is 0 Å². The summed E-state index contributed by atoms with van der Waals surface area (Å²) in [4.78, 5) is 8.43. The molecule has 122 valence electrons. The van der Waals surface area contributed by atoms with Crippen LogP contribution in [0.1, 0.15) is 26.3 Å². The molecule has 4 heteroatoms. The molecule has 0 atom stereocenters. The predicted molar refractivity (Wildman–Crippen MR) is 91.5 cm³/mol. The summed E-state index contributed by atoms with van der Waals surface area (Å²) in [6.07, 6.45) is 3.19. The molecule has 3 aromatic rings. The molecule has 0 saturated carbocycles. The van der Waals surface area contributed by atoms with Gasteiger partial charge in [0.15, 0.2) is 0 Å². The third-order valence-electron chi connectivity index (χ3n) is 3.83. The highest BCUT2D eigenvalue weighted by Gasteiger charge is 2.29. The van der Waals surface area contributed by atoms with E-state index in [2.05, 4.69) is 9.97 Å². The molecule has 0 aliphatic rings. The van der Waals surface area contributed by atoms with Gasteiger partial charge in [0.1, 0.15) is 11.6 Å². The second-order valence-corrected chi connectivity index (χ2v) is 6.65. The summed E-state index contributed by atoms with van der Waals surface area (Å²) in [6, 6.07) is 12.0. The number of aromatic nitrogens is 2. The van der Waals surface area contributed by atoms with E-state index in [1.807, 2.05) is 0 Å². The van der Waals surface area contributed by atoms with E-state index in [1.165, 1.54) is 6.07 Å². The Kier molecular flexibility index (Phi) is 4.14. The summed E-state index contributed by atoms with van der Waals surface area (Å²) in [6.45, 7) is 5.37. The zero-order valence-electron chi connectivity index (χ0n) is 13.8. The van der Waals surface area contributed by atoms with Gasteiger partial charge in [-0.1, -0.05) is 32.9 Å². The van der Waals surface area contributed by atoms with E-state index in [1.54, 1.807) is 69.6 Å². The van der Waals surface area contributed by atoms with E-state index >= 15 is 8.78 Å². The van der Waals surface area contributed by atoms with E-state index < -0.39 is 17.0 Å². The van der Waals surface area contributed by atoms with Gasteiger partial charge in [-0.2, -0.15) is 0 Å². The topological polar surface area (TPSA) is 25.8 Å². The van der Waals surface area contributed by atoms with Crippen LogP contribution in [-0.2, 0) is 5.41 Å². The molecular formula is C20H18F2N2. The van der Waals surface area contributed by atoms with Crippen LogP contribution < -0.4 is 0 Å². The Morgan fingerprint density at radius 3 is 1.54 bits per heavy atom. The average Bonchev–Trinajstić information content (AvgIpc) is 2.55. The van der Waals surface area contributed by atoms with Crippen molar-refractivity contribution in [1.82, 2.24) is 9.97 Å². The number of rotatable bonds is 2. The molecule has 0 spiro atoms. The number of nitrogens with zero attached hydrogens (tertiary/aromatic N) is 2. The maximum absolute atomic E-state index is 15.1. The Morgan fingerprint density at radius 2 is 1.21 bits per heavy atom. The van der Waals surface area contributed by atoms with Crippen molar-refractivity contribution in [2.75, 3.05) is 0 Å². The van der Waals surface area contributed by atoms with Gasteiger partial charge in [-0.15, -0.1) is 0 Å².